The van der Waals surface area contributed by atoms with Crippen molar-refractivity contribution < 1.29 is 4.39 Å². The molecule has 6 nitrogen and oxygen atoms in total. The zero-order chi connectivity index (χ0) is 15.4. The zero-order valence-electron chi connectivity index (χ0n) is 11.7. The minimum Gasteiger partial charge on any atom is -0.310 e. The first-order valence-corrected chi connectivity index (χ1v) is 6.62. The number of hydrogen-bond donors (Lipinski definition) is 2. The fraction of sp³-hybridized carbons (Fsp3) is 0.286. The molecular weight excluding hydrogens is 275 g/mol. The van der Waals surface area contributed by atoms with Crippen LogP contribution < -0.4 is 22.5 Å². The molecule has 0 radical (unpaired) electrons. The lowest BCUT2D eigenvalue weighted by Gasteiger charge is -2.14. The predicted molar refractivity (Wildman–Crippen MR) is 78.6 cm³/mol. The van der Waals surface area contributed by atoms with Gasteiger partial charge in [-0.2, -0.15) is 0 Å². The van der Waals surface area contributed by atoms with Crippen molar-refractivity contribution in [3.05, 3.63) is 62.6 Å². The van der Waals surface area contributed by atoms with Crippen molar-refractivity contribution in [1.82, 2.24) is 9.13 Å². The summed E-state index contributed by atoms with van der Waals surface area (Å²) in [5.41, 5.74) is 2.25. The lowest BCUT2D eigenvalue weighted by Crippen LogP contribution is -2.41. The normalized spacial score (nSPS) is 10.6. The molecule has 0 amide bonds. The van der Waals surface area contributed by atoms with E-state index >= 15 is 0 Å². The molecule has 2 aromatic rings. The van der Waals surface area contributed by atoms with Crippen LogP contribution in [0.25, 0.3) is 0 Å². The fourth-order valence-corrected chi connectivity index (χ4v) is 2.09. The molecule has 0 unspecified atom stereocenters. The van der Waals surface area contributed by atoms with E-state index in [2.05, 4.69) is 5.43 Å². The number of benzene rings is 1. The number of rotatable bonds is 5. The van der Waals surface area contributed by atoms with E-state index in [9.17, 15) is 14.0 Å². The second-order valence-corrected chi connectivity index (χ2v) is 4.66. The summed E-state index contributed by atoms with van der Waals surface area (Å²) in [5, 5.41) is 0. The number of anilines is 1. The van der Waals surface area contributed by atoms with E-state index in [1.165, 1.54) is 22.8 Å². The van der Waals surface area contributed by atoms with Crippen LogP contribution in [-0.4, -0.2) is 9.13 Å². The van der Waals surface area contributed by atoms with E-state index in [1.807, 2.05) is 6.92 Å². The number of nitrogens with zero attached hydrogens (tertiary/aromatic N) is 2. The van der Waals surface area contributed by atoms with Gasteiger partial charge in [0.15, 0.2) is 0 Å². The minimum absolute atomic E-state index is 0.197. The van der Waals surface area contributed by atoms with Gasteiger partial charge in [0, 0.05) is 12.6 Å². The molecule has 0 aliphatic heterocycles. The smallest absolute Gasteiger partial charge is 0.310 e. The van der Waals surface area contributed by atoms with Gasteiger partial charge in [0.05, 0.1) is 6.54 Å². The van der Waals surface area contributed by atoms with Crippen molar-refractivity contribution in [3.63, 3.8) is 0 Å². The largest absolute Gasteiger partial charge is 0.332 e. The number of nitrogens with one attached hydrogen (secondary N) is 1. The van der Waals surface area contributed by atoms with Crippen molar-refractivity contribution >= 4 is 5.82 Å². The van der Waals surface area contributed by atoms with E-state index in [0.717, 1.165) is 10.1 Å². The van der Waals surface area contributed by atoms with E-state index in [1.54, 1.807) is 12.1 Å². The van der Waals surface area contributed by atoms with Gasteiger partial charge in [-0.1, -0.05) is 19.1 Å². The summed E-state index contributed by atoms with van der Waals surface area (Å²) in [4.78, 5) is 24.3. The predicted octanol–water partition coefficient (Wildman–Crippen LogP) is 0.893. The molecule has 0 aliphatic carbocycles. The van der Waals surface area contributed by atoms with E-state index in [0.29, 0.717) is 13.0 Å². The number of nitrogen functional groups attached to an aromatic ring is 1. The summed E-state index contributed by atoms with van der Waals surface area (Å²) in [7, 11) is 0. The molecule has 0 saturated heterocycles. The standard InChI is InChI=1S/C14H17FN4O2/c1-2-7-18-13(20)8-12(17-16)19(14(18)21)9-10-3-5-11(15)6-4-10/h3-6,8,17H,2,7,9,16H2,1H3. The topological polar surface area (TPSA) is 82.0 Å². The van der Waals surface area contributed by atoms with E-state index in [4.69, 9.17) is 5.84 Å². The second-order valence-electron chi connectivity index (χ2n) is 4.66. The third-order valence-electron chi connectivity index (χ3n) is 3.13. The number of halogens is 1. The quantitative estimate of drug-likeness (QED) is 0.633. The first-order valence-electron chi connectivity index (χ1n) is 6.62. The Bertz CT molecular complexity index is 734. The molecule has 0 atom stereocenters. The van der Waals surface area contributed by atoms with Gasteiger partial charge in [-0.05, 0) is 24.1 Å². The van der Waals surface area contributed by atoms with Gasteiger partial charge in [0.1, 0.15) is 11.6 Å². The van der Waals surface area contributed by atoms with Crippen LogP contribution in [0.5, 0.6) is 0 Å². The van der Waals surface area contributed by atoms with Crippen molar-refractivity contribution in [3.8, 4) is 0 Å². The summed E-state index contributed by atoms with van der Waals surface area (Å²) in [6.07, 6.45) is 0.668. The molecule has 0 fully saturated rings. The van der Waals surface area contributed by atoms with Crippen LogP contribution in [0, 0.1) is 5.82 Å². The zero-order valence-corrected chi connectivity index (χ0v) is 11.7. The van der Waals surface area contributed by atoms with E-state index < -0.39 is 11.2 Å². The average molecular weight is 292 g/mol. The Kier molecular flexibility index (Phi) is 4.54. The van der Waals surface area contributed by atoms with Gasteiger partial charge in [-0.3, -0.25) is 13.9 Å². The number of hydrogen-bond acceptors (Lipinski definition) is 4. The van der Waals surface area contributed by atoms with Crippen LogP contribution in [0.4, 0.5) is 10.2 Å². The van der Waals surface area contributed by atoms with Gasteiger partial charge in [0.2, 0.25) is 0 Å². The molecule has 112 valence electrons. The van der Waals surface area contributed by atoms with Crippen LogP contribution in [-0.2, 0) is 13.1 Å². The molecule has 3 N–H and O–H groups in total. The molecule has 0 bridgehead atoms. The number of aromatic nitrogens is 2. The maximum Gasteiger partial charge on any atom is 0.332 e. The minimum atomic E-state index is -0.443. The first-order chi connectivity index (χ1) is 10.1. The Balaban J connectivity index is 2.50. The molecule has 0 saturated carbocycles. The molecule has 1 heterocycles. The lowest BCUT2D eigenvalue weighted by atomic mass is 10.2. The molecule has 2 rings (SSSR count). The Morgan fingerprint density at radius 2 is 1.86 bits per heavy atom. The third-order valence-corrected chi connectivity index (χ3v) is 3.13. The highest BCUT2D eigenvalue weighted by atomic mass is 19.1. The second kappa shape index (κ2) is 6.36. The molecule has 0 aliphatic rings. The Morgan fingerprint density at radius 3 is 2.43 bits per heavy atom. The summed E-state index contributed by atoms with van der Waals surface area (Å²) < 4.78 is 15.4. The van der Waals surface area contributed by atoms with Gasteiger partial charge in [-0.15, -0.1) is 0 Å². The van der Waals surface area contributed by atoms with Crippen LogP contribution in [0.15, 0.2) is 39.9 Å². The Morgan fingerprint density at radius 1 is 1.19 bits per heavy atom. The lowest BCUT2D eigenvalue weighted by molar-refractivity contribution is 0.568. The van der Waals surface area contributed by atoms with Gasteiger partial charge >= 0.3 is 5.69 Å². The highest BCUT2D eigenvalue weighted by Gasteiger charge is 2.10. The van der Waals surface area contributed by atoms with Crippen molar-refractivity contribution in [1.29, 1.82) is 0 Å². The maximum absolute atomic E-state index is 12.9. The van der Waals surface area contributed by atoms with Gasteiger partial charge < -0.3 is 5.43 Å². The van der Waals surface area contributed by atoms with Crippen molar-refractivity contribution in [2.24, 2.45) is 5.84 Å². The number of nitrogens with two attached hydrogens (primary N) is 1. The van der Waals surface area contributed by atoms with Crippen LogP contribution in [0.2, 0.25) is 0 Å². The maximum atomic E-state index is 12.9. The molecule has 21 heavy (non-hydrogen) atoms. The molecule has 1 aromatic heterocycles. The summed E-state index contributed by atoms with van der Waals surface area (Å²) in [6.45, 7) is 2.42. The fourth-order valence-electron chi connectivity index (χ4n) is 2.09. The van der Waals surface area contributed by atoms with Crippen molar-refractivity contribution in [2.45, 2.75) is 26.4 Å². The SMILES string of the molecule is CCCn1c(=O)cc(NN)n(Cc2ccc(F)cc2)c1=O. The average Bonchev–Trinajstić information content (AvgIpc) is 2.48. The van der Waals surface area contributed by atoms with Gasteiger partial charge in [-0.25, -0.2) is 15.0 Å². The summed E-state index contributed by atoms with van der Waals surface area (Å²) in [5.74, 6) is 5.25. The summed E-state index contributed by atoms with van der Waals surface area (Å²) >= 11 is 0. The molecular formula is C14H17FN4O2. The first kappa shape index (κ1) is 15.0. The molecule has 1 aromatic carbocycles. The Hall–Kier alpha value is -2.41. The van der Waals surface area contributed by atoms with Crippen LogP contribution >= 0.6 is 0 Å². The summed E-state index contributed by atoms with van der Waals surface area (Å²) in [6, 6.07) is 7.07. The van der Waals surface area contributed by atoms with Crippen LogP contribution in [0.3, 0.4) is 0 Å². The molecule has 0 spiro atoms. The Labute approximate surface area is 120 Å². The monoisotopic (exact) mass is 292 g/mol. The third kappa shape index (κ3) is 3.19. The number of hydrazine groups is 1. The van der Waals surface area contributed by atoms with Gasteiger partial charge in [0.25, 0.3) is 5.56 Å². The highest BCUT2D eigenvalue weighted by Crippen LogP contribution is 2.07. The highest BCUT2D eigenvalue weighted by molar-refractivity contribution is 5.33. The molecule has 7 heteroatoms. The van der Waals surface area contributed by atoms with E-state index in [-0.39, 0.29) is 18.2 Å². The van der Waals surface area contributed by atoms with Crippen LogP contribution in [0.1, 0.15) is 18.9 Å². The van der Waals surface area contributed by atoms with Crippen molar-refractivity contribution in [2.75, 3.05) is 5.43 Å².